The Kier molecular flexibility index (Phi) is 2.03. The summed E-state index contributed by atoms with van der Waals surface area (Å²) in [6.45, 7) is 0. The Labute approximate surface area is 79.7 Å². The van der Waals surface area contributed by atoms with Crippen molar-refractivity contribution in [1.82, 2.24) is 9.78 Å². The van der Waals surface area contributed by atoms with Gasteiger partial charge in [0.1, 0.15) is 18.4 Å². The standard InChI is InChI=1S/C8H9N3O3/c12-8-3-1-2-7(8)10-5-6(4-9-10)11(13)14/h4-5,7H,1-3H2. The first kappa shape index (κ1) is 8.86. The van der Waals surface area contributed by atoms with Crippen LogP contribution in [0.5, 0.6) is 0 Å². The second-order valence-corrected chi connectivity index (χ2v) is 3.31. The van der Waals surface area contributed by atoms with Crippen LogP contribution >= 0.6 is 0 Å². The van der Waals surface area contributed by atoms with Crippen molar-refractivity contribution in [3.8, 4) is 0 Å². The summed E-state index contributed by atoms with van der Waals surface area (Å²) in [5.41, 5.74) is -0.0651. The molecule has 1 aromatic rings. The summed E-state index contributed by atoms with van der Waals surface area (Å²) >= 11 is 0. The van der Waals surface area contributed by atoms with Crippen molar-refractivity contribution in [2.75, 3.05) is 0 Å². The largest absolute Gasteiger partial charge is 0.307 e. The van der Waals surface area contributed by atoms with E-state index in [2.05, 4.69) is 5.10 Å². The van der Waals surface area contributed by atoms with Crippen LogP contribution in [-0.4, -0.2) is 20.5 Å². The molecule has 1 aromatic heterocycles. The third-order valence-corrected chi connectivity index (χ3v) is 2.39. The molecule has 74 valence electrons. The van der Waals surface area contributed by atoms with E-state index in [9.17, 15) is 14.9 Å². The van der Waals surface area contributed by atoms with Gasteiger partial charge in [0.2, 0.25) is 0 Å². The van der Waals surface area contributed by atoms with E-state index in [-0.39, 0.29) is 17.5 Å². The molecule has 2 rings (SSSR count). The molecule has 0 aromatic carbocycles. The first-order valence-corrected chi connectivity index (χ1v) is 4.40. The molecular formula is C8H9N3O3. The van der Waals surface area contributed by atoms with Gasteiger partial charge in [-0.25, -0.2) is 0 Å². The first-order valence-electron chi connectivity index (χ1n) is 4.40. The van der Waals surface area contributed by atoms with E-state index < -0.39 is 4.92 Å². The minimum atomic E-state index is -0.511. The Balaban J connectivity index is 2.24. The van der Waals surface area contributed by atoms with E-state index in [0.717, 1.165) is 12.8 Å². The van der Waals surface area contributed by atoms with Crippen molar-refractivity contribution in [2.24, 2.45) is 0 Å². The van der Waals surface area contributed by atoms with Crippen LogP contribution in [0.15, 0.2) is 12.4 Å². The Hall–Kier alpha value is -1.72. The van der Waals surface area contributed by atoms with Crippen molar-refractivity contribution < 1.29 is 9.72 Å². The number of hydrogen-bond donors (Lipinski definition) is 0. The lowest BCUT2D eigenvalue weighted by molar-refractivity contribution is -0.385. The molecular weight excluding hydrogens is 186 g/mol. The van der Waals surface area contributed by atoms with Crippen LogP contribution in [-0.2, 0) is 4.79 Å². The van der Waals surface area contributed by atoms with Gasteiger partial charge in [-0.3, -0.25) is 19.6 Å². The molecule has 1 saturated carbocycles. The highest BCUT2D eigenvalue weighted by molar-refractivity contribution is 5.84. The molecule has 14 heavy (non-hydrogen) atoms. The number of nitro groups is 1. The summed E-state index contributed by atoms with van der Waals surface area (Å²) in [5.74, 6) is 0.114. The van der Waals surface area contributed by atoms with Crippen LogP contribution in [0.1, 0.15) is 25.3 Å². The second kappa shape index (κ2) is 3.21. The smallest absolute Gasteiger partial charge is 0.297 e. The van der Waals surface area contributed by atoms with Crippen LogP contribution in [0.4, 0.5) is 5.69 Å². The Bertz CT molecular complexity index is 385. The highest BCUT2D eigenvalue weighted by Crippen LogP contribution is 2.26. The maximum Gasteiger partial charge on any atom is 0.307 e. The van der Waals surface area contributed by atoms with Gasteiger partial charge in [-0.1, -0.05) is 0 Å². The van der Waals surface area contributed by atoms with Gasteiger partial charge in [-0.05, 0) is 12.8 Å². The predicted octanol–water partition coefficient (Wildman–Crippen LogP) is 1.09. The van der Waals surface area contributed by atoms with Crippen LogP contribution in [0.3, 0.4) is 0 Å². The number of rotatable bonds is 2. The zero-order chi connectivity index (χ0) is 10.1. The van der Waals surface area contributed by atoms with Gasteiger partial charge in [-0.2, -0.15) is 5.10 Å². The molecule has 0 amide bonds. The van der Waals surface area contributed by atoms with Gasteiger partial charge in [0, 0.05) is 6.42 Å². The van der Waals surface area contributed by atoms with Gasteiger partial charge in [0.25, 0.3) is 0 Å². The van der Waals surface area contributed by atoms with Crippen molar-refractivity contribution in [3.63, 3.8) is 0 Å². The fraction of sp³-hybridized carbons (Fsp3) is 0.500. The molecule has 0 aliphatic heterocycles. The molecule has 1 aliphatic rings. The van der Waals surface area contributed by atoms with Gasteiger partial charge in [0.05, 0.1) is 4.92 Å². The van der Waals surface area contributed by atoms with Crippen molar-refractivity contribution >= 4 is 11.5 Å². The molecule has 0 spiro atoms. The summed E-state index contributed by atoms with van der Waals surface area (Å²) in [7, 11) is 0. The van der Waals surface area contributed by atoms with E-state index in [1.54, 1.807) is 0 Å². The summed E-state index contributed by atoms with van der Waals surface area (Å²) < 4.78 is 1.40. The third kappa shape index (κ3) is 1.39. The maximum atomic E-state index is 11.3. The fourth-order valence-electron chi connectivity index (χ4n) is 1.67. The number of ketones is 1. The van der Waals surface area contributed by atoms with Gasteiger partial charge in [0.15, 0.2) is 5.78 Å². The highest BCUT2D eigenvalue weighted by atomic mass is 16.6. The normalized spacial score (nSPS) is 21.4. The predicted molar refractivity (Wildman–Crippen MR) is 46.8 cm³/mol. The fourth-order valence-corrected chi connectivity index (χ4v) is 1.67. The lowest BCUT2D eigenvalue weighted by atomic mass is 10.2. The van der Waals surface area contributed by atoms with E-state index in [0.29, 0.717) is 6.42 Å². The minimum Gasteiger partial charge on any atom is -0.297 e. The zero-order valence-corrected chi connectivity index (χ0v) is 7.42. The molecule has 0 N–H and O–H groups in total. The van der Waals surface area contributed by atoms with Crippen molar-refractivity contribution in [1.29, 1.82) is 0 Å². The highest BCUT2D eigenvalue weighted by Gasteiger charge is 2.27. The molecule has 6 heteroatoms. The van der Waals surface area contributed by atoms with E-state index in [1.807, 2.05) is 0 Å². The number of carbonyl (C=O) groups is 1. The molecule has 1 unspecified atom stereocenters. The lowest BCUT2D eigenvalue weighted by Gasteiger charge is -2.06. The molecule has 0 saturated heterocycles. The van der Waals surface area contributed by atoms with Crippen LogP contribution < -0.4 is 0 Å². The topological polar surface area (TPSA) is 78.0 Å². The minimum absolute atomic E-state index is 0.0651. The monoisotopic (exact) mass is 195 g/mol. The Morgan fingerprint density at radius 2 is 2.43 bits per heavy atom. The van der Waals surface area contributed by atoms with Crippen LogP contribution in [0.2, 0.25) is 0 Å². The van der Waals surface area contributed by atoms with E-state index >= 15 is 0 Å². The number of aromatic nitrogens is 2. The molecule has 0 bridgehead atoms. The van der Waals surface area contributed by atoms with Crippen molar-refractivity contribution in [3.05, 3.63) is 22.5 Å². The van der Waals surface area contributed by atoms with Gasteiger partial charge >= 0.3 is 5.69 Å². The van der Waals surface area contributed by atoms with Crippen LogP contribution in [0, 0.1) is 10.1 Å². The van der Waals surface area contributed by atoms with Gasteiger partial charge < -0.3 is 0 Å². The van der Waals surface area contributed by atoms with Crippen molar-refractivity contribution in [2.45, 2.75) is 25.3 Å². The quantitative estimate of drug-likeness (QED) is 0.522. The average molecular weight is 195 g/mol. The summed E-state index contributed by atoms with van der Waals surface area (Å²) in [4.78, 5) is 21.2. The lowest BCUT2D eigenvalue weighted by Crippen LogP contribution is -2.13. The molecule has 1 aliphatic carbocycles. The molecule has 1 fully saturated rings. The number of carbonyl (C=O) groups excluding carboxylic acids is 1. The van der Waals surface area contributed by atoms with E-state index in [1.165, 1.54) is 17.1 Å². The summed E-state index contributed by atoms with van der Waals surface area (Å²) in [6, 6.07) is -0.288. The zero-order valence-electron chi connectivity index (χ0n) is 7.42. The Morgan fingerprint density at radius 3 is 2.93 bits per heavy atom. The third-order valence-electron chi connectivity index (χ3n) is 2.39. The Morgan fingerprint density at radius 1 is 1.64 bits per heavy atom. The number of Topliss-reactive ketones (excluding diaryl/α,β-unsaturated/α-hetero) is 1. The number of nitrogens with zero attached hydrogens (tertiary/aromatic N) is 3. The molecule has 1 heterocycles. The number of hydrogen-bond acceptors (Lipinski definition) is 4. The van der Waals surface area contributed by atoms with Crippen LogP contribution in [0.25, 0.3) is 0 Å². The molecule has 0 radical (unpaired) electrons. The summed E-state index contributed by atoms with van der Waals surface area (Å²) in [5, 5.41) is 14.2. The summed E-state index contributed by atoms with van der Waals surface area (Å²) in [6.07, 6.45) is 4.62. The first-order chi connectivity index (χ1) is 6.68. The molecule has 1 atom stereocenters. The average Bonchev–Trinajstić information content (AvgIpc) is 2.71. The molecule has 6 nitrogen and oxygen atoms in total. The van der Waals surface area contributed by atoms with Gasteiger partial charge in [-0.15, -0.1) is 0 Å². The van der Waals surface area contributed by atoms with E-state index in [4.69, 9.17) is 0 Å². The second-order valence-electron chi connectivity index (χ2n) is 3.31. The maximum absolute atomic E-state index is 11.3. The SMILES string of the molecule is O=C1CCCC1n1cc([N+](=O)[O-])cn1.